The van der Waals surface area contributed by atoms with E-state index in [2.05, 4.69) is 24.4 Å². The Kier molecular flexibility index (Phi) is 2.40. The van der Waals surface area contributed by atoms with Gasteiger partial charge in [-0.3, -0.25) is 0 Å². The summed E-state index contributed by atoms with van der Waals surface area (Å²) in [6.07, 6.45) is 2.91. The van der Waals surface area contributed by atoms with Crippen LogP contribution in [0.1, 0.15) is 12.8 Å². The molecule has 0 atom stereocenters. The van der Waals surface area contributed by atoms with Crippen LogP contribution in [0.5, 0.6) is 0 Å². The third-order valence-corrected chi connectivity index (χ3v) is 2.88. The van der Waals surface area contributed by atoms with Crippen LogP contribution in [0.25, 0.3) is 0 Å². The van der Waals surface area contributed by atoms with E-state index in [1.54, 1.807) is 0 Å². The molecule has 0 saturated heterocycles. The van der Waals surface area contributed by atoms with E-state index in [4.69, 9.17) is 0 Å². The van der Waals surface area contributed by atoms with Crippen molar-refractivity contribution in [3.8, 4) is 0 Å². The predicted molar refractivity (Wildman–Crippen MR) is 39.3 cm³/mol. The van der Waals surface area contributed by atoms with Crippen LogP contribution in [-0.4, -0.2) is 16.8 Å². The summed E-state index contributed by atoms with van der Waals surface area (Å²) < 4.78 is 0. The van der Waals surface area contributed by atoms with Gasteiger partial charge in [0.2, 0.25) is 0 Å². The van der Waals surface area contributed by atoms with Crippen LogP contribution in [-0.2, 0) is 0 Å². The minimum Gasteiger partial charge on any atom is -0.179 e. The highest BCUT2D eigenvalue weighted by Crippen LogP contribution is 2.33. The summed E-state index contributed by atoms with van der Waals surface area (Å²) in [5, 5.41) is 1.02. The SMILES string of the molecule is SCCSC1CC1. The summed E-state index contributed by atoms with van der Waals surface area (Å²) in [7, 11) is 0. The van der Waals surface area contributed by atoms with E-state index >= 15 is 0 Å². The van der Waals surface area contributed by atoms with Crippen molar-refractivity contribution in [1.82, 2.24) is 0 Å². The van der Waals surface area contributed by atoms with Gasteiger partial charge >= 0.3 is 0 Å². The molecule has 0 amide bonds. The number of hydrogen-bond donors (Lipinski definition) is 1. The third-order valence-electron chi connectivity index (χ3n) is 0.969. The van der Waals surface area contributed by atoms with Crippen molar-refractivity contribution in [2.75, 3.05) is 11.5 Å². The lowest BCUT2D eigenvalue weighted by atomic mass is 10.9. The first-order valence-electron chi connectivity index (χ1n) is 2.66. The molecule has 0 unspecified atom stereocenters. The standard InChI is InChI=1S/C5H10S2/c6-3-4-7-5-1-2-5/h5-6H,1-4H2. The maximum absolute atomic E-state index is 4.10. The lowest BCUT2D eigenvalue weighted by molar-refractivity contribution is 1.47. The van der Waals surface area contributed by atoms with Crippen molar-refractivity contribution in [2.45, 2.75) is 18.1 Å². The molecule has 0 aromatic heterocycles. The first kappa shape index (κ1) is 5.83. The fourth-order valence-electron chi connectivity index (χ4n) is 0.454. The van der Waals surface area contributed by atoms with Crippen LogP contribution in [0.2, 0.25) is 0 Å². The predicted octanol–water partition coefficient (Wildman–Crippen LogP) is 1.81. The molecule has 0 aromatic rings. The molecule has 1 saturated carbocycles. The van der Waals surface area contributed by atoms with Gasteiger partial charge in [-0.15, -0.1) is 0 Å². The van der Waals surface area contributed by atoms with Gasteiger partial charge in [0.05, 0.1) is 0 Å². The van der Waals surface area contributed by atoms with Gasteiger partial charge in [-0.1, -0.05) is 0 Å². The van der Waals surface area contributed by atoms with E-state index < -0.39 is 0 Å². The molecule has 0 aromatic carbocycles. The van der Waals surface area contributed by atoms with Crippen LogP contribution in [0, 0.1) is 0 Å². The molecule has 0 nitrogen and oxygen atoms in total. The van der Waals surface area contributed by atoms with E-state index in [1.165, 1.54) is 18.6 Å². The van der Waals surface area contributed by atoms with Crippen molar-refractivity contribution in [1.29, 1.82) is 0 Å². The van der Waals surface area contributed by atoms with E-state index in [-0.39, 0.29) is 0 Å². The zero-order valence-electron chi connectivity index (χ0n) is 4.26. The van der Waals surface area contributed by atoms with Crippen LogP contribution in [0.3, 0.4) is 0 Å². The maximum Gasteiger partial charge on any atom is 0.00481 e. The summed E-state index contributed by atoms with van der Waals surface area (Å²) in [5.74, 6) is 2.29. The van der Waals surface area contributed by atoms with Crippen molar-refractivity contribution in [3.05, 3.63) is 0 Å². The molecule has 42 valence electrons. The lowest BCUT2D eigenvalue weighted by Gasteiger charge is -1.89. The van der Waals surface area contributed by atoms with Crippen LogP contribution >= 0.6 is 24.4 Å². The van der Waals surface area contributed by atoms with Gasteiger partial charge in [0, 0.05) is 11.0 Å². The second-order valence-corrected chi connectivity index (χ2v) is 3.65. The molecule has 1 rings (SSSR count). The van der Waals surface area contributed by atoms with Crippen molar-refractivity contribution < 1.29 is 0 Å². The van der Waals surface area contributed by atoms with Crippen LogP contribution in [0.15, 0.2) is 0 Å². The van der Waals surface area contributed by atoms with Crippen molar-refractivity contribution in [2.24, 2.45) is 0 Å². The average molecular weight is 134 g/mol. The molecule has 0 radical (unpaired) electrons. The smallest absolute Gasteiger partial charge is 0.00481 e. The van der Waals surface area contributed by atoms with E-state index in [9.17, 15) is 0 Å². The molecule has 0 bridgehead atoms. The van der Waals surface area contributed by atoms with Gasteiger partial charge < -0.3 is 0 Å². The third kappa shape index (κ3) is 2.50. The first-order valence-corrected chi connectivity index (χ1v) is 4.34. The van der Waals surface area contributed by atoms with E-state index in [0.717, 1.165) is 11.0 Å². The second kappa shape index (κ2) is 2.88. The number of thioether (sulfide) groups is 1. The average Bonchev–Trinajstić information content (AvgIpc) is 2.42. The van der Waals surface area contributed by atoms with Gasteiger partial charge in [0.1, 0.15) is 0 Å². The van der Waals surface area contributed by atoms with Crippen molar-refractivity contribution >= 4 is 24.4 Å². The lowest BCUT2D eigenvalue weighted by Crippen LogP contribution is -1.79. The normalized spacial score (nSPS) is 20.1. The quantitative estimate of drug-likeness (QED) is 0.574. The summed E-state index contributed by atoms with van der Waals surface area (Å²) >= 11 is 6.17. The maximum atomic E-state index is 4.10. The molecule has 1 aliphatic rings. The Labute approximate surface area is 54.5 Å². The summed E-state index contributed by atoms with van der Waals surface area (Å²) in [6, 6.07) is 0. The zero-order valence-corrected chi connectivity index (χ0v) is 5.97. The number of hydrogen-bond acceptors (Lipinski definition) is 2. The van der Waals surface area contributed by atoms with Crippen molar-refractivity contribution in [3.63, 3.8) is 0 Å². The Morgan fingerprint density at radius 2 is 2.29 bits per heavy atom. The van der Waals surface area contributed by atoms with Gasteiger partial charge in [-0.25, -0.2) is 0 Å². The topological polar surface area (TPSA) is 0 Å². The second-order valence-electron chi connectivity index (χ2n) is 1.79. The van der Waals surface area contributed by atoms with Gasteiger partial charge in [-0.05, 0) is 18.6 Å². The summed E-state index contributed by atoms with van der Waals surface area (Å²) in [4.78, 5) is 0. The van der Waals surface area contributed by atoms with Gasteiger partial charge in [0.15, 0.2) is 0 Å². The molecular weight excluding hydrogens is 124 g/mol. The van der Waals surface area contributed by atoms with E-state index in [0.29, 0.717) is 0 Å². The minimum atomic E-state index is 1.02. The molecular formula is C5H10S2. The molecule has 0 aliphatic heterocycles. The number of thiol groups is 1. The molecule has 0 heterocycles. The first-order chi connectivity index (χ1) is 3.43. The Morgan fingerprint density at radius 1 is 1.57 bits per heavy atom. The monoisotopic (exact) mass is 134 g/mol. The van der Waals surface area contributed by atoms with E-state index in [1.807, 2.05) is 0 Å². The molecule has 7 heavy (non-hydrogen) atoms. The van der Waals surface area contributed by atoms with Gasteiger partial charge in [0.25, 0.3) is 0 Å². The molecule has 2 heteroatoms. The van der Waals surface area contributed by atoms with Gasteiger partial charge in [-0.2, -0.15) is 24.4 Å². The largest absolute Gasteiger partial charge is 0.179 e. The zero-order chi connectivity index (χ0) is 5.11. The molecule has 0 spiro atoms. The highest BCUT2D eigenvalue weighted by atomic mass is 32.2. The van der Waals surface area contributed by atoms with Crippen LogP contribution in [0.4, 0.5) is 0 Å². The fraction of sp³-hybridized carbons (Fsp3) is 1.00. The Balaban J connectivity index is 1.80. The number of rotatable bonds is 3. The summed E-state index contributed by atoms with van der Waals surface area (Å²) in [6.45, 7) is 0. The summed E-state index contributed by atoms with van der Waals surface area (Å²) in [5.41, 5.74) is 0. The highest BCUT2D eigenvalue weighted by Gasteiger charge is 2.20. The Bertz CT molecular complexity index is 50.0. The fourth-order valence-corrected chi connectivity index (χ4v) is 1.68. The molecule has 1 fully saturated rings. The highest BCUT2D eigenvalue weighted by molar-refractivity contribution is 8.00. The Morgan fingerprint density at radius 3 is 2.71 bits per heavy atom. The Hall–Kier alpha value is 0.700. The minimum absolute atomic E-state index is 1.02. The molecule has 0 N–H and O–H groups in total. The molecule has 1 aliphatic carbocycles. The van der Waals surface area contributed by atoms with Crippen LogP contribution < -0.4 is 0 Å².